The highest BCUT2D eigenvalue weighted by Crippen LogP contribution is 2.47. The zero-order chi connectivity index (χ0) is 15.5. The van der Waals surface area contributed by atoms with Crippen LogP contribution in [0.25, 0.3) is 0 Å². The van der Waals surface area contributed by atoms with Gasteiger partial charge in [0, 0.05) is 19.3 Å². The lowest BCUT2D eigenvalue weighted by Gasteiger charge is -2.47. The summed E-state index contributed by atoms with van der Waals surface area (Å²) >= 11 is 0. The molecule has 4 nitrogen and oxygen atoms in total. The number of nitrogens with zero attached hydrogens (tertiary/aromatic N) is 2. The van der Waals surface area contributed by atoms with E-state index in [4.69, 9.17) is 4.74 Å². The van der Waals surface area contributed by atoms with Gasteiger partial charge >= 0.3 is 0 Å². The minimum atomic E-state index is -0.105. The van der Waals surface area contributed by atoms with Gasteiger partial charge in [0.1, 0.15) is 0 Å². The highest BCUT2D eigenvalue weighted by Gasteiger charge is 2.45. The molecule has 120 valence electrons. The van der Waals surface area contributed by atoms with Crippen LogP contribution in [0, 0.1) is 5.41 Å². The number of nitrogens with one attached hydrogen (secondary N) is 1. The van der Waals surface area contributed by atoms with Gasteiger partial charge in [-0.3, -0.25) is 4.68 Å². The quantitative estimate of drug-likeness (QED) is 0.872. The summed E-state index contributed by atoms with van der Waals surface area (Å²) in [4.78, 5) is 0. The summed E-state index contributed by atoms with van der Waals surface area (Å²) in [6.07, 6.45) is 6.54. The van der Waals surface area contributed by atoms with Crippen LogP contribution in [0.4, 0.5) is 0 Å². The van der Waals surface area contributed by atoms with Crippen LogP contribution in [0.15, 0.2) is 12.3 Å². The van der Waals surface area contributed by atoms with E-state index in [2.05, 4.69) is 48.9 Å². The predicted molar refractivity (Wildman–Crippen MR) is 86.3 cm³/mol. The molecule has 1 fully saturated rings. The van der Waals surface area contributed by atoms with Gasteiger partial charge in [-0.2, -0.15) is 5.10 Å². The van der Waals surface area contributed by atoms with Crippen molar-refractivity contribution in [2.75, 3.05) is 13.7 Å². The molecule has 0 amide bonds. The first kappa shape index (κ1) is 16.5. The first-order valence-electron chi connectivity index (χ1n) is 8.31. The number of hydrogen-bond donors (Lipinski definition) is 1. The van der Waals surface area contributed by atoms with Crippen LogP contribution in [0.1, 0.15) is 65.1 Å². The molecule has 2 rings (SSSR count). The van der Waals surface area contributed by atoms with E-state index in [0.29, 0.717) is 5.41 Å². The molecule has 1 N–H and O–H groups in total. The number of ether oxygens (including phenoxy) is 1. The molecule has 1 aliphatic carbocycles. The van der Waals surface area contributed by atoms with E-state index in [1.54, 1.807) is 0 Å². The maximum Gasteiger partial charge on any atom is 0.0891 e. The second kappa shape index (κ2) is 6.49. The third kappa shape index (κ3) is 3.32. The Hall–Kier alpha value is -0.870. The van der Waals surface area contributed by atoms with E-state index < -0.39 is 0 Å². The second-order valence-electron chi connectivity index (χ2n) is 6.96. The van der Waals surface area contributed by atoms with Gasteiger partial charge < -0.3 is 10.1 Å². The third-order valence-corrected chi connectivity index (χ3v) is 5.04. The van der Waals surface area contributed by atoms with Gasteiger partial charge in [0.25, 0.3) is 0 Å². The summed E-state index contributed by atoms with van der Waals surface area (Å²) in [6.45, 7) is 10.6. The summed E-state index contributed by atoms with van der Waals surface area (Å²) in [6, 6.07) is 2.33. The summed E-state index contributed by atoms with van der Waals surface area (Å²) in [5.41, 5.74) is 1.57. The van der Waals surface area contributed by atoms with Crippen molar-refractivity contribution in [3.8, 4) is 0 Å². The zero-order valence-electron chi connectivity index (χ0n) is 14.3. The predicted octanol–water partition coefficient (Wildman–Crippen LogP) is 3.54. The van der Waals surface area contributed by atoms with Gasteiger partial charge in [0.2, 0.25) is 0 Å². The minimum absolute atomic E-state index is 0.105. The lowest BCUT2D eigenvalue weighted by Crippen LogP contribution is -2.49. The molecule has 1 aromatic heterocycles. The summed E-state index contributed by atoms with van der Waals surface area (Å²) < 4.78 is 8.42. The van der Waals surface area contributed by atoms with Gasteiger partial charge in [-0.1, -0.05) is 13.8 Å². The first-order chi connectivity index (χ1) is 9.98. The summed E-state index contributed by atoms with van der Waals surface area (Å²) in [5, 5.41) is 7.96. The molecule has 1 unspecified atom stereocenters. The Morgan fingerprint density at radius 1 is 1.29 bits per heavy atom. The molecule has 1 saturated carbocycles. The molecule has 0 radical (unpaired) electrons. The third-order valence-electron chi connectivity index (χ3n) is 5.04. The number of hydrogen-bond acceptors (Lipinski definition) is 3. The maximum atomic E-state index is 6.34. The molecule has 4 heteroatoms. The molecular formula is C17H31N3O. The van der Waals surface area contributed by atoms with Crippen LogP contribution < -0.4 is 5.32 Å². The van der Waals surface area contributed by atoms with Crippen molar-refractivity contribution in [2.24, 2.45) is 5.41 Å². The second-order valence-corrected chi connectivity index (χ2v) is 6.96. The maximum absolute atomic E-state index is 6.34. The lowest BCUT2D eigenvalue weighted by molar-refractivity contribution is -0.108. The molecule has 1 aliphatic rings. The molecule has 21 heavy (non-hydrogen) atoms. The monoisotopic (exact) mass is 293 g/mol. The molecule has 0 aromatic carbocycles. The van der Waals surface area contributed by atoms with Crippen LogP contribution >= 0.6 is 0 Å². The summed E-state index contributed by atoms with van der Waals surface area (Å²) in [5.74, 6) is 0. The number of rotatable bonds is 6. The Bertz CT molecular complexity index is 443. The molecule has 0 saturated heterocycles. The van der Waals surface area contributed by atoms with Crippen LogP contribution in [0.3, 0.4) is 0 Å². The fourth-order valence-corrected chi connectivity index (χ4v) is 3.69. The molecule has 0 spiro atoms. The smallest absolute Gasteiger partial charge is 0.0891 e. The number of aryl methyl sites for hydroxylation is 1. The SMILES string of the molecule is CCOC1(C(NC)c2ccnn2CC)CCC(C)(C)CC1. The Kier molecular flexibility index (Phi) is 5.10. The van der Waals surface area contributed by atoms with Crippen molar-refractivity contribution in [1.82, 2.24) is 15.1 Å². The fourth-order valence-electron chi connectivity index (χ4n) is 3.69. The Balaban J connectivity index is 2.31. The van der Waals surface area contributed by atoms with Crippen molar-refractivity contribution in [3.63, 3.8) is 0 Å². The minimum Gasteiger partial charge on any atom is -0.373 e. The molecule has 0 aliphatic heterocycles. The molecule has 1 aromatic rings. The average molecular weight is 293 g/mol. The standard InChI is InChI=1S/C17H31N3O/c1-6-20-14(8-13-19-20)15(18-5)17(21-7-2)11-9-16(3,4)10-12-17/h8,13,15,18H,6-7,9-12H2,1-5H3. The van der Waals surface area contributed by atoms with Gasteiger partial charge in [-0.15, -0.1) is 0 Å². The molecule has 0 bridgehead atoms. The van der Waals surface area contributed by atoms with Gasteiger partial charge in [-0.05, 0) is 58.1 Å². The first-order valence-corrected chi connectivity index (χ1v) is 8.31. The van der Waals surface area contributed by atoms with Gasteiger partial charge in [0.15, 0.2) is 0 Å². The van der Waals surface area contributed by atoms with Crippen molar-refractivity contribution in [2.45, 2.75) is 71.6 Å². The van der Waals surface area contributed by atoms with E-state index in [-0.39, 0.29) is 11.6 Å². The van der Waals surface area contributed by atoms with Crippen molar-refractivity contribution in [3.05, 3.63) is 18.0 Å². The Morgan fingerprint density at radius 2 is 1.95 bits per heavy atom. The van der Waals surface area contributed by atoms with Crippen molar-refractivity contribution in [1.29, 1.82) is 0 Å². The van der Waals surface area contributed by atoms with Gasteiger partial charge in [0.05, 0.1) is 17.3 Å². The molecule has 1 atom stereocenters. The van der Waals surface area contributed by atoms with E-state index in [0.717, 1.165) is 26.0 Å². The molecular weight excluding hydrogens is 262 g/mol. The van der Waals surface area contributed by atoms with Crippen molar-refractivity contribution < 1.29 is 4.74 Å². The van der Waals surface area contributed by atoms with E-state index in [9.17, 15) is 0 Å². The van der Waals surface area contributed by atoms with Gasteiger partial charge in [-0.25, -0.2) is 0 Å². The average Bonchev–Trinajstić information content (AvgIpc) is 2.91. The number of likely N-dealkylation sites (N-methyl/N-ethyl adjacent to an activating group) is 1. The Labute approximate surface area is 129 Å². The lowest BCUT2D eigenvalue weighted by atomic mass is 9.68. The van der Waals surface area contributed by atoms with Crippen molar-refractivity contribution >= 4 is 0 Å². The normalized spacial score (nSPS) is 22.1. The van der Waals surface area contributed by atoms with Crippen LogP contribution in [0.2, 0.25) is 0 Å². The number of aromatic nitrogens is 2. The fraction of sp³-hybridized carbons (Fsp3) is 0.824. The van der Waals surface area contributed by atoms with Crippen LogP contribution in [-0.2, 0) is 11.3 Å². The zero-order valence-corrected chi connectivity index (χ0v) is 14.3. The largest absolute Gasteiger partial charge is 0.373 e. The molecule has 1 heterocycles. The topological polar surface area (TPSA) is 39.1 Å². The van der Waals surface area contributed by atoms with E-state index >= 15 is 0 Å². The van der Waals surface area contributed by atoms with E-state index in [1.807, 2.05) is 13.2 Å². The Morgan fingerprint density at radius 3 is 2.48 bits per heavy atom. The highest BCUT2D eigenvalue weighted by molar-refractivity contribution is 5.15. The highest BCUT2D eigenvalue weighted by atomic mass is 16.5. The summed E-state index contributed by atoms with van der Waals surface area (Å²) in [7, 11) is 2.04. The van der Waals surface area contributed by atoms with E-state index in [1.165, 1.54) is 18.5 Å². The van der Waals surface area contributed by atoms with Crippen LogP contribution in [-0.4, -0.2) is 29.0 Å². The van der Waals surface area contributed by atoms with Crippen LogP contribution in [0.5, 0.6) is 0 Å².